The number of halogens is 1. The number of hydrogen-bond donors (Lipinski definition) is 3. The molecule has 3 amide bonds. The molecule has 0 saturated heterocycles. The summed E-state index contributed by atoms with van der Waals surface area (Å²) in [5.74, 6) is -0.524. The Balaban J connectivity index is 1.45. The molecular formula is C21H26BrN3O3. The molecule has 1 spiro atoms. The van der Waals surface area contributed by atoms with Gasteiger partial charge in [0.2, 0.25) is 17.7 Å². The van der Waals surface area contributed by atoms with Crippen LogP contribution in [0.2, 0.25) is 0 Å². The summed E-state index contributed by atoms with van der Waals surface area (Å²) in [5.41, 5.74) is 6.40. The molecule has 0 unspecified atom stereocenters. The van der Waals surface area contributed by atoms with E-state index in [4.69, 9.17) is 5.73 Å². The first-order valence-electron chi connectivity index (χ1n) is 10.0. The highest BCUT2D eigenvalue weighted by atomic mass is 79.9. The van der Waals surface area contributed by atoms with Crippen LogP contribution in [-0.4, -0.2) is 24.3 Å². The number of carbonyl (C=O) groups is 3. The minimum atomic E-state index is -0.435. The first-order valence-corrected chi connectivity index (χ1v) is 10.8. The van der Waals surface area contributed by atoms with E-state index in [2.05, 4.69) is 26.6 Å². The van der Waals surface area contributed by atoms with Crippen molar-refractivity contribution in [3.63, 3.8) is 0 Å². The van der Waals surface area contributed by atoms with Gasteiger partial charge >= 0.3 is 0 Å². The van der Waals surface area contributed by atoms with Gasteiger partial charge < -0.3 is 16.4 Å². The molecule has 4 N–H and O–H groups in total. The quantitative estimate of drug-likeness (QED) is 0.596. The Bertz CT molecular complexity index is 791. The van der Waals surface area contributed by atoms with Crippen molar-refractivity contribution in [2.24, 2.45) is 34.8 Å². The topological polar surface area (TPSA) is 101 Å². The van der Waals surface area contributed by atoms with Gasteiger partial charge in [0.25, 0.3) is 0 Å². The van der Waals surface area contributed by atoms with Crippen LogP contribution in [0.3, 0.4) is 0 Å². The summed E-state index contributed by atoms with van der Waals surface area (Å²) in [5, 5.41) is 5.91. The van der Waals surface area contributed by atoms with Crippen molar-refractivity contribution in [1.82, 2.24) is 10.6 Å². The van der Waals surface area contributed by atoms with Crippen LogP contribution in [0, 0.1) is 29.1 Å². The molecule has 0 heterocycles. The first kappa shape index (κ1) is 19.4. The fraction of sp³-hybridized carbons (Fsp3) is 0.571. The average molecular weight is 448 g/mol. The summed E-state index contributed by atoms with van der Waals surface area (Å²) in [7, 11) is 0. The molecule has 1 aromatic rings. The lowest BCUT2D eigenvalue weighted by Crippen LogP contribution is -2.45. The predicted octanol–water partition coefficient (Wildman–Crippen LogP) is 2.11. The predicted molar refractivity (Wildman–Crippen MR) is 108 cm³/mol. The zero-order chi connectivity index (χ0) is 19.9. The minimum absolute atomic E-state index is 0.0172. The Hall–Kier alpha value is -1.89. The molecule has 3 aliphatic carbocycles. The van der Waals surface area contributed by atoms with E-state index in [0.717, 1.165) is 35.7 Å². The number of nitrogens with two attached hydrogens (primary N) is 1. The molecule has 3 saturated carbocycles. The van der Waals surface area contributed by atoms with Gasteiger partial charge in [0.05, 0.1) is 11.8 Å². The molecule has 4 atom stereocenters. The first-order chi connectivity index (χ1) is 13.4. The van der Waals surface area contributed by atoms with E-state index in [0.29, 0.717) is 12.5 Å². The Labute approximate surface area is 173 Å². The minimum Gasteiger partial charge on any atom is -0.370 e. The lowest BCUT2D eigenvalue weighted by molar-refractivity contribution is -0.137. The largest absolute Gasteiger partial charge is 0.370 e. The Morgan fingerprint density at radius 3 is 2.11 bits per heavy atom. The number of amides is 3. The highest BCUT2D eigenvalue weighted by molar-refractivity contribution is 9.10. The summed E-state index contributed by atoms with van der Waals surface area (Å²) in [6.45, 7) is 0.700. The Morgan fingerprint density at radius 2 is 1.57 bits per heavy atom. The van der Waals surface area contributed by atoms with Gasteiger partial charge in [0.15, 0.2) is 0 Å². The van der Waals surface area contributed by atoms with Gasteiger partial charge in [-0.2, -0.15) is 0 Å². The summed E-state index contributed by atoms with van der Waals surface area (Å²) in [6, 6.07) is 7.85. The van der Waals surface area contributed by atoms with Crippen molar-refractivity contribution in [1.29, 1.82) is 0 Å². The zero-order valence-corrected chi connectivity index (χ0v) is 17.3. The van der Waals surface area contributed by atoms with E-state index in [1.807, 2.05) is 24.3 Å². The number of benzene rings is 1. The monoisotopic (exact) mass is 447 g/mol. The van der Waals surface area contributed by atoms with E-state index in [1.165, 1.54) is 0 Å². The highest BCUT2D eigenvalue weighted by Crippen LogP contribution is 2.74. The number of rotatable bonds is 7. The zero-order valence-electron chi connectivity index (χ0n) is 15.7. The van der Waals surface area contributed by atoms with Gasteiger partial charge in [-0.3, -0.25) is 14.4 Å². The van der Waals surface area contributed by atoms with Crippen molar-refractivity contribution >= 4 is 33.7 Å². The molecule has 0 aromatic heterocycles. The van der Waals surface area contributed by atoms with Gasteiger partial charge in [-0.1, -0.05) is 28.1 Å². The normalized spacial score (nSPS) is 28.9. The van der Waals surface area contributed by atoms with Gasteiger partial charge in [0, 0.05) is 24.0 Å². The van der Waals surface area contributed by atoms with Crippen LogP contribution in [0.25, 0.3) is 0 Å². The Morgan fingerprint density at radius 1 is 1.00 bits per heavy atom. The third kappa shape index (κ3) is 3.45. The number of primary amides is 1. The molecular weight excluding hydrogens is 422 g/mol. The summed E-state index contributed by atoms with van der Waals surface area (Å²) in [6.07, 6.45) is 4.44. The van der Waals surface area contributed by atoms with Crippen LogP contribution < -0.4 is 16.4 Å². The lowest BCUT2D eigenvalue weighted by Gasteiger charge is -2.29. The maximum Gasteiger partial charge on any atom is 0.224 e. The second-order valence-electron chi connectivity index (χ2n) is 8.43. The standard InChI is InChI=1S/C21H26BrN3O3/c22-13-3-1-12(2-4-13)11-25-20(28)18-15-6-5-14(21(15)8-9-21)17(18)19(27)24-10-7-16(23)26/h1-4,14-15,17-18H,5-11H2,(H2,23,26)(H,24,27)(H,25,28)/t14-,15+,17-,18-/m1/s1. The SMILES string of the molecule is NC(=O)CCNC(=O)[C@H]1[C@H](C(=O)NCc2ccc(Br)cc2)[C@@H]2CC[C@H]1C21CC1. The van der Waals surface area contributed by atoms with E-state index < -0.39 is 5.91 Å². The maximum absolute atomic E-state index is 13.1. The van der Waals surface area contributed by atoms with Crippen LogP contribution >= 0.6 is 15.9 Å². The molecule has 6 nitrogen and oxygen atoms in total. The van der Waals surface area contributed by atoms with Crippen molar-refractivity contribution < 1.29 is 14.4 Å². The molecule has 3 fully saturated rings. The van der Waals surface area contributed by atoms with Gasteiger partial charge in [0.1, 0.15) is 0 Å². The molecule has 150 valence electrons. The second-order valence-corrected chi connectivity index (χ2v) is 9.34. The van der Waals surface area contributed by atoms with Crippen LogP contribution in [0.15, 0.2) is 28.7 Å². The molecule has 0 aliphatic heterocycles. The molecule has 2 bridgehead atoms. The summed E-state index contributed by atoms with van der Waals surface area (Å²) < 4.78 is 0.999. The maximum atomic E-state index is 13.1. The summed E-state index contributed by atoms with van der Waals surface area (Å²) >= 11 is 3.41. The molecule has 1 aromatic carbocycles. The molecule has 0 radical (unpaired) electrons. The molecule has 28 heavy (non-hydrogen) atoms. The van der Waals surface area contributed by atoms with E-state index in [9.17, 15) is 14.4 Å². The van der Waals surface area contributed by atoms with Crippen molar-refractivity contribution in [2.45, 2.75) is 38.6 Å². The smallest absolute Gasteiger partial charge is 0.224 e. The van der Waals surface area contributed by atoms with Crippen molar-refractivity contribution in [3.05, 3.63) is 34.3 Å². The van der Waals surface area contributed by atoms with Gasteiger partial charge in [-0.05, 0) is 60.6 Å². The van der Waals surface area contributed by atoms with E-state index >= 15 is 0 Å². The van der Waals surface area contributed by atoms with E-state index in [-0.39, 0.29) is 47.9 Å². The van der Waals surface area contributed by atoms with Gasteiger partial charge in [-0.15, -0.1) is 0 Å². The number of hydrogen-bond acceptors (Lipinski definition) is 3. The number of nitrogens with one attached hydrogen (secondary N) is 2. The third-order valence-electron chi connectivity index (χ3n) is 7.00. The van der Waals surface area contributed by atoms with Gasteiger partial charge in [-0.25, -0.2) is 0 Å². The molecule has 3 aliphatic rings. The third-order valence-corrected chi connectivity index (χ3v) is 7.53. The summed E-state index contributed by atoms with van der Waals surface area (Å²) in [4.78, 5) is 37.0. The molecule has 7 heteroatoms. The van der Waals surface area contributed by atoms with Crippen LogP contribution in [0.4, 0.5) is 0 Å². The molecule has 4 rings (SSSR count). The fourth-order valence-electron chi connectivity index (χ4n) is 5.70. The average Bonchev–Trinajstić information content (AvgIpc) is 3.33. The van der Waals surface area contributed by atoms with Crippen LogP contribution in [-0.2, 0) is 20.9 Å². The highest BCUT2D eigenvalue weighted by Gasteiger charge is 2.71. The van der Waals surface area contributed by atoms with Crippen molar-refractivity contribution in [2.75, 3.05) is 6.54 Å². The fourth-order valence-corrected chi connectivity index (χ4v) is 5.96. The van der Waals surface area contributed by atoms with Crippen LogP contribution in [0.1, 0.15) is 37.7 Å². The van der Waals surface area contributed by atoms with E-state index in [1.54, 1.807) is 0 Å². The number of carbonyl (C=O) groups excluding carboxylic acids is 3. The van der Waals surface area contributed by atoms with Crippen molar-refractivity contribution in [3.8, 4) is 0 Å². The Kier molecular flexibility index (Phi) is 5.21. The second kappa shape index (κ2) is 7.50. The van der Waals surface area contributed by atoms with Crippen LogP contribution in [0.5, 0.6) is 0 Å². The lowest BCUT2D eigenvalue weighted by atomic mass is 9.78.